The van der Waals surface area contributed by atoms with Gasteiger partial charge in [0, 0.05) is 10.8 Å². The van der Waals surface area contributed by atoms with Crippen LogP contribution in [-0.2, 0) is 11.2 Å². The summed E-state index contributed by atoms with van der Waals surface area (Å²) in [6, 6.07) is 13.5. The van der Waals surface area contributed by atoms with E-state index in [1.165, 1.54) is 0 Å². The van der Waals surface area contributed by atoms with Gasteiger partial charge >= 0.3 is 0 Å². The predicted octanol–water partition coefficient (Wildman–Crippen LogP) is 2.61. The highest BCUT2D eigenvalue weighted by molar-refractivity contribution is 6.07. The van der Waals surface area contributed by atoms with Crippen molar-refractivity contribution in [2.24, 2.45) is 5.73 Å². The number of para-hydroxylation sites is 1. The number of nitrogens with two attached hydrogens (primary N) is 1. The van der Waals surface area contributed by atoms with Crippen LogP contribution >= 0.6 is 0 Å². The first-order chi connectivity index (χ1) is 8.25. The Balaban J connectivity index is 2.39. The van der Waals surface area contributed by atoms with Crippen LogP contribution in [0, 0.1) is 0 Å². The van der Waals surface area contributed by atoms with Crippen molar-refractivity contribution in [2.45, 2.75) is 6.42 Å². The van der Waals surface area contributed by atoms with Gasteiger partial charge in [0.05, 0.1) is 6.42 Å². The first-order valence-electron chi connectivity index (χ1n) is 5.43. The number of rotatable bonds is 2. The van der Waals surface area contributed by atoms with E-state index in [1.54, 1.807) is 0 Å². The van der Waals surface area contributed by atoms with E-state index < -0.39 is 0 Å². The van der Waals surface area contributed by atoms with Gasteiger partial charge in [0.25, 0.3) is 0 Å². The van der Waals surface area contributed by atoms with Gasteiger partial charge in [-0.15, -0.1) is 0 Å². The zero-order chi connectivity index (χ0) is 11.8. The average molecular weight is 225 g/mol. The maximum atomic E-state index is 11.1. The Morgan fingerprint density at radius 3 is 2.65 bits per heavy atom. The lowest BCUT2D eigenvalue weighted by Crippen LogP contribution is -2.13. The molecule has 3 heteroatoms. The highest BCUT2D eigenvalue weighted by Gasteiger charge is 2.11. The molecule has 0 aliphatic rings. The van der Waals surface area contributed by atoms with Crippen molar-refractivity contribution in [2.75, 3.05) is 0 Å². The summed E-state index contributed by atoms with van der Waals surface area (Å²) in [6.07, 6.45) is 0.237. The van der Waals surface area contributed by atoms with E-state index in [0.717, 1.165) is 27.5 Å². The minimum Gasteiger partial charge on any atom is -0.456 e. The third-order valence-electron chi connectivity index (χ3n) is 2.85. The van der Waals surface area contributed by atoms with Crippen LogP contribution in [0.3, 0.4) is 0 Å². The van der Waals surface area contributed by atoms with Crippen molar-refractivity contribution in [3.8, 4) is 0 Å². The van der Waals surface area contributed by atoms with Crippen LogP contribution in [0.2, 0.25) is 0 Å². The molecule has 0 radical (unpaired) electrons. The number of amides is 1. The first kappa shape index (κ1) is 9.90. The van der Waals surface area contributed by atoms with Crippen LogP contribution in [0.4, 0.5) is 0 Å². The molecule has 1 aromatic heterocycles. The second kappa shape index (κ2) is 3.63. The number of furan rings is 1. The van der Waals surface area contributed by atoms with Crippen LogP contribution in [0.5, 0.6) is 0 Å². The van der Waals surface area contributed by atoms with Crippen molar-refractivity contribution >= 4 is 27.8 Å². The fraction of sp³-hybridized carbons (Fsp3) is 0.0714. The van der Waals surface area contributed by atoms with Gasteiger partial charge in [-0.3, -0.25) is 4.79 Å². The number of primary amides is 1. The van der Waals surface area contributed by atoms with Gasteiger partial charge < -0.3 is 10.2 Å². The van der Waals surface area contributed by atoms with Crippen LogP contribution in [0.1, 0.15) is 5.56 Å². The predicted molar refractivity (Wildman–Crippen MR) is 66.6 cm³/mol. The Kier molecular flexibility index (Phi) is 2.11. The molecule has 0 saturated carbocycles. The monoisotopic (exact) mass is 225 g/mol. The van der Waals surface area contributed by atoms with E-state index in [2.05, 4.69) is 0 Å². The maximum absolute atomic E-state index is 11.1. The van der Waals surface area contributed by atoms with E-state index in [0.29, 0.717) is 0 Å². The molecule has 0 aliphatic heterocycles. The van der Waals surface area contributed by atoms with Crippen molar-refractivity contribution in [1.29, 1.82) is 0 Å². The minimum atomic E-state index is -0.331. The van der Waals surface area contributed by atoms with Crippen LogP contribution in [-0.4, -0.2) is 5.91 Å². The van der Waals surface area contributed by atoms with Gasteiger partial charge in [-0.2, -0.15) is 0 Å². The summed E-state index contributed by atoms with van der Waals surface area (Å²) in [5.74, 6) is -0.331. The molecule has 2 aromatic carbocycles. The molecule has 3 nitrogen and oxygen atoms in total. The lowest BCUT2D eigenvalue weighted by Gasteiger charge is -1.99. The summed E-state index contributed by atoms with van der Waals surface area (Å²) in [4.78, 5) is 11.1. The molecule has 0 saturated heterocycles. The molecular weight excluding hydrogens is 214 g/mol. The van der Waals surface area contributed by atoms with Crippen molar-refractivity contribution in [3.63, 3.8) is 0 Å². The SMILES string of the molecule is NC(=O)Cc1cccc2oc3ccccc3c12. The lowest BCUT2D eigenvalue weighted by molar-refractivity contribution is -0.117. The second-order valence-corrected chi connectivity index (χ2v) is 4.03. The molecule has 1 amide bonds. The molecule has 0 spiro atoms. The first-order valence-corrected chi connectivity index (χ1v) is 5.43. The Morgan fingerprint density at radius 1 is 1.06 bits per heavy atom. The Morgan fingerprint density at radius 2 is 1.82 bits per heavy atom. The summed E-state index contributed by atoms with van der Waals surface area (Å²) in [6.45, 7) is 0. The Hall–Kier alpha value is -2.29. The zero-order valence-corrected chi connectivity index (χ0v) is 9.14. The van der Waals surface area contributed by atoms with E-state index in [9.17, 15) is 4.79 Å². The van der Waals surface area contributed by atoms with Gasteiger partial charge in [-0.05, 0) is 17.7 Å². The van der Waals surface area contributed by atoms with Crippen LogP contribution < -0.4 is 5.73 Å². The van der Waals surface area contributed by atoms with Crippen molar-refractivity contribution in [1.82, 2.24) is 0 Å². The van der Waals surface area contributed by atoms with E-state index in [4.69, 9.17) is 10.2 Å². The molecule has 0 atom stereocenters. The second-order valence-electron chi connectivity index (χ2n) is 4.03. The number of fused-ring (bicyclic) bond motifs is 3. The molecule has 84 valence electrons. The summed E-state index contributed by atoms with van der Waals surface area (Å²) in [5.41, 5.74) is 7.80. The molecule has 0 bridgehead atoms. The lowest BCUT2D eigenvalue weighted by atomic mass is 10.0. The number of benzene rings is 2. The number of hydrogen-bond acceptors (Lipinski definition) is 2. The molecule has 3 aromatic rings. The van der Waals surface area contributed by atoms with Gasteiger partial charge in [0.1, 0.15) is 11.2 Å². The molecule has 17 heavy (non-hydrogen) atoms. The standard InChI is InChI=1S/C14H11NO2/c15-13(16)8-9-4-3-7-12-14(9)10-5-1-2-6-11(10)17-12/h1-7H,8H2,(H2,15,16). The fourth-order valence-electron chi connectivity index (χ4n) is 2.18. The summed E-state index contributed by atoms with van der Waals surface area (Å²) < 4.78 is 5.72. The van der Waals surface area contributed by atoms with E-state index in [1.807, 2.05) is 42.5 Å². The zero-order valence-electron chi connectivity index (χ0n) is 9.14. The van der Waals surface area contributed by atoms with E-state index >= 15 is 0 Å². The van der Waals surface area contributed by atoms with Gasteiger partial charge in [0.15, 0.2) is 0 Å². The topological polar surface area (TPSA) is 56.2 Å². The Bertz CT molecular complexity index is 712. The molecule has 0 fully saturated rings. The maximum Gasteiger partial charge on any atom is 0.221 e. The van der Waals surface area contributed by atoms with Gasteiger partial charge in [-0.25, -0.2) is 0 Å². The molecule has 3 rings (SSSR count). The molecule has 0 unspecified atom stereocenters. The quantitative estimate of drug-likeness (QED) is 0.728. The van der Waals surface area contributed by atoms with Gasteiger partial charge in [-0.1, -0.05) is 30.3 Å². The molecule has 0 aliphatic carbocycles. The van der Waals surface area contributed by atoms with Crippen LogP contribution in [0.15, 0.2) is 46.9 Å². The number of carbonyl (C=O) groups is 1. The number of hydrogen-bond donors (Lipinski definition) is 1. The molecule has 2 N–H and O–H groups in total. The minimum absolute atomic E-state index is 0.237. The van der Waals surface area contributed by atoms with Crippen LogP contribution in [0.25, 0.3) is 21.9 Å². The Labute approximate surface area is 97.8 Å². The van der Waals surface area contributed by atoms with Crippen molar-refractivity contribution < 1.29 is 9.21 Å². The van der Waals surface area contributed by atoms with Gasteiger partial charge in [0.2, 0.25) is 5.91 Å². The summed E-state index contributed by atoms with van der Waals surface area (Å²) in [5, 5.41) is 2.02. The highest BCUT2D eigenvalue weighted by Crippen LogP contribution is 2.31. The summed E-state index contributed by atoms with van der Waals surface area (Å²) >= 11 is 0. The third-order valence-corrected chi connectivity index (χ3v) is 2.85. The molecular formula is C14H11NO2. The summed E-state index contributed by atoms with van der Waals surface area (Å²) in [7, 11) is 0. The normalized spacial score (nSPS) is 11.1. The van der Waals surface area contributed by atoms with E-state index in [-0.39, 0.29) is 12.3 Å². The third kappa shape index (κ3) is 1.56. The van der Waals surface area contributed by atoms with Crippen molar-refractivity contribution in [3.05, 3.63) is 48.0 Å². The highest BCUT2D eigenvalue weighted by atomic mass is 16.3. The smallest absolute Gasteiger partial charge is 0.221 e. The number of carbonyl (C=O) groups excluding carboxylic acids is 1. The molecule has 1 heterocycles. The average Bonchev–Trinajstić information content (AvgIpc) is 2.67. The fourth-order valence-corrected chi connectivity index (χ4v) is 2.18. The largest absolute Gasteiger partial charge is 0.456 e.